The molecule has 66 heavy (non-hydrogen) atoms. The molecule has 0 amide bonds. The summed E-state index contributed by atoms with van der Waals surface area (Å²) in [5, 5.41) is 9.15. The summed E-state index contributed by atoms with van der Waals surface area (Å²) in [5.41, 5.74) is 2.15. The maximum atomic E-state index is 12.2. The van der Waals surface area contributed by atoms with E-state index in [-0.39, 0.29) is 30.8 Å². The third-order valence-electron chi connectivity index (χ3n) is 11.7. The van der Waals surface area contributed by atoms with Crippen LogP contribution >= 0.6 is 0 Å². The lowest BCUT2D eigenvalue weighted by molar-refractivity contribution is -0.438. The van der Waals surface area contributed by atoms with Crippen LogP contribution in [0.2, 0.25) is 0 Å². The van der Waals surface area contributed by atoms with Gasteiger partial charge in [-0.1, -0.05) is 18.2 Å². The number of likely N-dealkylation sites (N-methyl/N-ethyl adjacent to an activating group) is 1. The third-order valence-corrected chi connectivity index (χ3v) is 14.2. The van der Waals surface area contributed by atoms with Crippen LogP contribution in [-0.2, 0) is 69.7 Å². The Hall–Kier alpha value is -3.87. The lowest BCUT2D eigenvalue weighted by Gasteiger charge is -2.30. The Labute approximate surface area is 389 Å². The van der Waals surface area contributed by atoms with Gasteiger partial charge in [0.25, 0.3) is 10.1 Å². The molecule has 2 aliphatic heterocycles. The number of hydrogen-bond acceptors (Lipinski definition) is 15. The van der Waals surface area contributed by atoms with E-state index in [0.29, 0.717) is 114 Å². The highest BCUT2D eigenvalue weighted by atomic mass is 32.2. The van der Waals surface area contributed by atoms with Gasteiger partial charge < -0.3 is 42.8 Å². The second kappa shape index (κ2) is 24.9. The molecule has 2 heterocycles. The molecule has 0 bridgehead atoms. The van der Waals surface area contributed by atoms with Crippen LogP contribution in [0.25, 0.3) is 0 Å². The molecule has 0 spiro atoms. The first-order chi connectivity index (χ1) is 31.2. The molecule has 0 saturated carbocycles. The van der Waals surface area contributed by atoms with Crippen molar-refractivity contribution in [2.75, 3.05) is 90.3 Å². The van der Waals surface area contributed by atoms with E-state index < -0.39 is 57.8 Å². The fourth-order valence-electron chi connectivity index (χ4n) is 8.35. The standard InChI is InChI=1S/C45H64N2O16S3/c1-5-46-39-18-16-35(65(53,54)55)33-37(39)45(3,21-23-60-26-27-62-30-31-63-29-28-61-25-24-59-4)41(46)13-8-6-9-14-42-44(2,20-12-32-64(50,51)52)38-34-36(66(56,57)58)17-19-40(38)47(42)22-11-7-10-15-43(48)49/h6,8-9,13-14,16-19,33-34H,5,7,10-12,15,20-32H2,1-4H3,(H3-,48,49,50,51,52,53,54,55,56,57,58)/p-1. The molecule has 0 saturated heterocycles. The molecule has 2 aliphatic rings. The Morgan fingerprint density at radius 3 is 1.86 bits per heavy atom. The van der Waals surface area contributed by atoms with Gasteiger partial charge in [-0.2, -0.15) is 13.0 Å². The zero-order chi connectivity index (χ0) is 48.6. The van der Waals surface area contributed by atoms with E-state index in [0.717, 1.165) is 11.4 Å². The number of methoxy groups -OCH3 is 1. The summed E-state index contributed by atoms with van der Waals surface area (Å²) < 4.78 is 136. The summed E-state index contributed by atoms with van der Waals surface area (Å²) >= 11 is 0. The Balaban J connectivity index is 1.61. The highest BCUT2D eigenvalue weighted by molar-refractivity contribution is 7.86. The van der Waals surface area contributed by atoms with Gasteiger partial charge in [0.15, 0.2) is 5.71 Å². The number of rotatable bonds is 31. The van der Waals surface area contributed by atoms with E-state index in [9.17, 15) is 43.7 Å². The van der Waals surface area contributed by atoms with Crippen LogP contribution in [0.5, 0.6) is 0 Å². The number of benzene rings is 2. The molecule has 2 atom stereocenters. The minimum absolute atomic E-state index is 0.00381. The van der Waals surface area contributed by atoms with Crippen molar-refractivity contribution < 1.29 is 77.1 Å². The number of fused-ring (bicyclic) bond motifs is 2. The first kappa shape index (κ1) is 54.7. The van der Waals surface area contributed by atoms with E-state index >= 15 is 0 Å². The molecule has 2 unspecified atom stereocenters. The molecule has 0 fully saturated rings. The summed E-state index contributed by atoms with van der Waals surface area (Å²) in [5.74, 6) is -1.46. The van der Waals surface area contributed by atoms with Crippen molar-refractivity contribution in [1.29, 1.82) is 0 Å². The first-order valence-corrected chi connectivity index (χ1v) is 26.3. The molecular weight excluding hydrogens is 921 g/mol. The summed E-state index contributed by atoms with van der Waals surface area (Å²) in [7, 11) is -12.4. The topological polar surface area (TPSA) is 258 Å². The molecule has 21 heteroatoms. The highest BCUT2D eigenvalue weighted by Gasteiger charge is 2.48. The van der Waals surface area contributed by atoms with Crippen LogP contribution in [0.1, 0.15) is 76.8 Å². The molecule has 2 aromatic carbocycles. The van der Waals surface area contributed by atoms with Crippen LogP contribution in [0, 0.1) is 0 Å². The normalized spacial score (nSPS) is 19.5. The monoisotopic (exact) mass is 983 g/mol. The van der Waals surface area contributed by atoms with E-state index in [4.69, 9.17) is 28.8 Å². The van der Waals surface area contributed by atoms with Gasteiger partial charge in [-0.05, 0) is 94.8 Å². The summed E-state index contributed by atoms with van der Waals surface area (Å²) in [6, 6.07) is 8.43. The number of anilines is 1. The number of carboxylic acids is 1. The average Bonchev–Trinajstić information content (AvgIpc) is 3.61. The van der Waals surface area contributed by atoms with Crippen molar-refractivity contribution in [2.24, 2.45) is 0 Å². The SMILES string of the molecule is CCN1/C(=C/C=C/C=C/C2=[N+](CCCCCC(=O)O)c3ccc(S(=O)(=O)[O-])cc3C2(C)CCCS(=O)(=O)O)C(C)(CCOCCOCCOCCOCCOC)c2cc(S(=O)(=O)[O-])ccc21. The van der Waals surface area contributed by atoms with Gasteiger partial charge in [-0.15, -0.1) is 0 Å². The molecule has 0 radical (unpaired) electrons. The Kier molecular flexibility index (Phi) is 20.7. The molecule has 18 nitrogen and oxygen atoms in total. The number of unbranched alkanes of at least 4 members (excludes halogenated alkanes) is 2. The number of ether oxygens (including phenoxy) is 5. The van der Waals surface area contributed by atoms with E-state index in [1.165, 1.54) is 30.3 Å². The van der Waals surface area contributed by atoms with Gasteiger partial charge in [0.2, 0.25) is 5.69 Å². The van der Waals surface area contributed by atoms with E-state index in [2.05, 4.69) is 0 Å². The minimum atomic E-state index is -4.86. The quantitative estimate of drug-likeness (QED) is 0.0433. The van der Waals surface area contributed by atoms with E-state index in [1.807, 2.05) is 48.5 Å². The van der Waals surface area contributed by atoms with Crippen LogP contribution in [0.3, 0.4) is 0 Å². The van der Waals surface area contributed by atoms with Gasteiger partial charge in [-0.25, -0.2) is 16.8 Å². The molecular formula is C45H63N2O16S3-. The van der Waals surface area contributed by atoms with Crippen molar-refractivity contribution in [1.82, 2.24) is 0 Å². The first-order valence-electron chi connectivity index (χ1n) is 21.8. The summed E-state index contributed by atoms with van der Waals surface area (Å²) in [6.07, 6.45) is 11.2. The smallest absolute Gasteiger partial charge is 0.303 e. The molecule has 0 aromatic heterocycles. The van der Waals surface area contributed by atoms with Crippen molar-refractivity contribution in [3.63, 3.8) is 0 Å². The molecule has 2 N–H and O–H groups in total. The molecule has 0 aliphatic carbocycles. The average molecular weight is 984 g/mol. The number of carbonyl (C=O) groups is 1. The van der Waals surface area contributed by atoms with Gasteiger partial charge in [0.05, 0.1) is 73.8 Å². The maximum Gasteiger partial charge on any atom is 0.303 e. The Bertz CT molecular complexity index is 2430. The predicted molar refractivity (Wildman–Crippen MR) is 244 cm³/mol. The zero-order valence-corrected chi connectivity index (χ0v) is 40.5. The third kappa shape index (κ3) is 15.3. The van der Waals surface area contributed by atoms with Gasteiger partial charge in [0.1, 0.15) is 26.8 Å². The Morgan fingerprint density at radius 2 is 1.30 bits per heavy atom. The second-order valence-electron chi connectivity index (χ2n) is 16.3. The molecule has 2 aromatic rings. The number of nitrogens with zero attached hydrogens (tertiary/aromatic N) is 2. The van der Waals surface area contributed by atoms with Crippen LogP contribution in [0.15, 0.2) is 82.3 Å². The predicted octanol–water partition coefficient (Wildman–Crippen LogP) is 5.06. The maximum absolute atomic E-state index is 12.2. The summed E-state index contributed by atoms with van der Waals surface area (Å²) in [4.78, 5) is 12.4. The van der Waals surface area contributed by atoms with Crippen molar-refractivity contribution >= 4 is 53.4 Å². The zero-order valence-electron chi connectivity index (χ0n) is 38.0. The lowest BCUT2D eigenvalue weighted by atomic mass is 9.76. The lowest BCUT2D eigenvalue weighted by Crippen LogP contribution is -2.32. The van der Waals surface area contributed by atoms with Crippen LogP contribution in [0.4, 0.5) is 11.4 Å². The number of carboxylic acid groups (broad SMARTS) is 1. The fourth-order valence-corrected chi connectivity index (χ4v) is 9.85. The minimum Gasteiger partial charge on any atom is -0.744 e. The number of hydrogen-bond donors (Lipinski definition) is 2. The van der Waals surface area contributed by atoms with Crippen molar-refractivity contribution in [3.05, 3.63) is 83.6 Å². The summed E-state index contributed by atoms with van der Waals surface area (Å²) in [6.45, 7) is 10.2. The van der Waals surface area contributed by atoms with E-state index in [1.54, 1.807) is 25.3 Å². The highest BCUT2D eigenvalue weighted by Crippen LogP contribution is 2.50. The fraction of sp³-hybridized carbons (Fsp3) is 0.556. The van der Waals surface area contributed by atoms with Crippen LogP contribution in [-0.4, -0.2) is 146 Å². The Morgan fingerprint density at radius 1 is 0.727 bits per heavy atom. The van der Waals surface area contributed by atoms with Gasteiger partial charge in [0, 0.05) is 67.6 Å². The molecule has 4 rings (SSSR count). The number of aliphatic carboxylic acids is 1. The largest absolute Gasteiger partial charge is 0.744 e. The van der Waals surface area contributed by atoms with Crippen LogP contribution < -0.4 is 4.90 Å². The van der Waals surface area contributed by atoms with Gasteiger partial charge in [-0.3, -0.25) is 9.35 Å². The van der Waals surface area contributed by atoms with Crippen molar-refractivity contribution in [3.8, 4) is 0 Å². The van der Waals surface area contributed by atoms with Crippen molar-refractivity contribution in [2.45, 2.75) is 86.3 Å². The molecule has 368 valence electrons. The van der Waals surface area contributed by atoms with Gasteiger partial charge >= 0.3 is 5.97 Å². The second-order valence-corrected chi connectivity index (χ2v) is 20.6. The number of allylic oxidation sites excluding steroid dienone is 6.